The number of carbonyl (C=O) groups is 2. The summed E-state index contributed by atoms with van der Waals surface area (Å²) in [4.78, 5) is 25.9. The Hall–Kier alpha value is -2.04. The van der Waals surface area contributed by atoms with Gasteiger partial charge in [-0.3, -0.25) is 9.59 Å². The summed E-state index contributed by atoms with van der Waals surface area (Å²) in [6.45, 7) is 2.44. The molecule has 136 valence electrons. The number of carbonyl (C=O) groups excluding carboxylic acids is 2. The Balaban J connectivity index is 1.42. The van der Waals surface area contributed by atoms with E-state index in [4.69, 9.17) is 4.74 Å². The average Bonchev–Trinajstić information content (AvgIpc) is 3.20. The van der Waals surface area contributed by atoms with E-state index in [2.05, 4.69) is 5.32 Å². The van der Waals surface area contributed by atoms with Crippen molar-refractivity contribution in [3.05, 3.63) is 29.8 Å². The van der Waals surface area contributed by atoms with E-state index >= 15 is 0 Å². The van der Waals surface area contributed by atoms with Crippen molar-refractivity contribution in [3.8, 4) is 5.75 Å². The number of ether oxygens (including phenoxy) is 1. The van der Waals surface area contributed by atoms with Gasteiger partial charge in [0, 0.05) is 18.7 Å². The fraction of sp³-hybridized carbons (Fsp3) is 0.600. The monoisotopic (exact) mass is 344 g/mol. The fourth-order valence-corrected chi connectivity index (χ4v) is 3.61. The van der Waals surface area contributed by atoms with Gasteiger partial charge >= 0.3 is 0 Å². The first kappa shape index (κ1) is 17.8. The lowest BCUT2D eigenvalue weighted by molar-refractivity contribution is -0.129. The minimum atomic E-state index is -0.216. The highest BCUT2D eigenvalue weighted by Gasteiger charge is 2.18. The van der Waals surface area contributed by atoms with E-state index < -0.39 is 0 Å². The molecule has 1 aromatic rings. The summed E-state index contributed by atoms with van der Waals surface area (Å²) in [7, 11) is 0. The lowest BCUT2D eigenvalue weighted by atomic mass is 9.90. The van der Waals surface area contributed by atoms with Crippen molar-refractivity contribution in [1.29, 1.82) is 0 Å². The van der Waals surface area contributed by atoms with E-state index in [1.54, 1.807) is 12.1 Å². The van der Waals surface area contributed by atoms with Gasteiger partial charge in [0.05, 0.1) is 13.2 Å². The third-order valence-corrected chi connectivity index (χ3v) is 5.19. The molecule has 5 nitrogen and oxygen atoms in total. The number of hydrogen-bond acceptors (Lipinski definition) is 3. The van der Waals surface area contributed by atoms with Crippen LogP contribution in [0.3, 0.4) is 0 Å². The van der Waals surface area contributed by atoms with Crippen molar-refractivity contribution < 1.29 is 14.3 Å². The van der Waals surface area contributed by atoms with Crippen LogP contribution in [0.2, 0.25) is 0 Å². The molecule has 1 saturated heterocycles. The van der Waals surface area contributed by atoms with Crippen molar-refractivity contribution in [2.75, 3.05) is 26.2 Å². The second kappa shape index (κ2) is 8.88. The van der Waals surface area contributed by atoms with Gasteiger partial charge in [-0.15, -0.1) is 0 Å². The van der Waals surface area contributed by atoms with Gasteiger partial charge in [0.1, 0.15) is 5.75 Å². The first-order chi connectivity index (χ1) is 12.2. The standard InChI is InChI=1S/C20H28N2O3/c23-19(22-12-4-5-13-22)14-21-20(24)17-8-10-18(11-9-17)25-15-16-6-2-1-3-7-16/h8-11,16H,1-7,12-15H2,(H,21,24). The minimum absolute atomic E-state index is 0.00159. The SMILES string of the molecule is O=C(NCC(=O)N1CCCC1)c1ccc(OCC2CCCCC2)cc1. The molecule has 0 bridgehead atoms. The summed E-state index contributed by atoms with van der Waals surface area (Å²) >= 11 is 0. The van der Waals surface area contributed by atoms with Gasteiger partial charge in [-0.2, -0.15) is 0 Å². The second-order valence-corrected chi connectivity index (χ2v) is 7.11. The highest BCUT2D eigenvalue weighted by molar-refractivity contribution is 5.96. The molecule has 1 saturated carbocycles. The largest absolute Gasteiger partial charge is 0.493 e. The number of likely N-dealkylation sites (tertiary alicyclic amines) is 1. The van der Waals surface area contributed by atoms with Crippen molar-refractivity contribution >= 4 is 11.8 Å². The summed E-state index contributed by atoms with van der Waals surface area (Å²) in [5, 5.41) is 2.71. The van der Waals surface area contributed by atoms with E-state index in [1.807, 2.05) is 17.0 Å². The molecule has 0 aromatic heterocycles. The van der Waals surface area contributed by atoms with Crippen LogP contribution in [0.25, 0.3) is 0 Å². The molecule has 2 fully saturated rings. The van der Waals surface area contributed by atoms with Crippen LogP contribution in [-0.4, -0.2) is 43.0 Å². The van der Waals surface area contributed by atoms with Crippen LogP contribution >= 0.6 is 0 Å². The molecule has 2 amide bonds. The quantitative estimate of drug-likeness (QED) is 0.863. The van der Waals surface area contributed by atoms with Gasteiger partial charge < -0.3 is 15.0 Å². The Kier molecular flexibility index (Phi) is 6.31. The molecule has 0 radical (unpaired) electrons. The molecule has 1 heterocycles. The number of rotatable bonds is 6. The van der Waals surface area contributed by atoms with Gasteiger partial charge in [0.25, 0.3) is 5.91 Å². The van der Waals surface area contributed by atoms with Crippen molar-refractivity contribution in [2.45, 2.75) is 44.9 Å². The lowest BCUT2D eigenvalue weighted by Gasteiger charge is -2.21. The molecule has 3 rings (SSSR count). The molecule has 1 aliphatic carbocycles. The van der Waals surface area contributed by atoms with E-state index in [0.717, 1.165) is 38.3 Å². The molecular formula is C20H28N2O3. The lowest BCUT2D eigenvalue weighted by Crippen LogP contribution is -2.38. The first-order valence-corrected chi connectivity index (χ1v) is 9.51. The van der Waals surface area contributed by atoms with Gasteiger partial charge in [-0.1, -0.05) is 19.3 Å². The van der Waals surface area contributed by atoms with Crippen LogP contribution in [0.1, 0.15) is 55.3 Å². The Morgan fingerprint density at radius 1 is 1.00 bits per heavy atom. The third-order valence-electron chi connectivity index (χ3n) is 5.19. The zero-order valence-corrected chi connectivity index (χ0v) is 14.8. The zero-order chi connectivity index (χ0) is 17.5. The molecule has 1 aliphatic heterocycles. The number of nitrogens with zero attached hydrogens (tertiary/aromatic N) is 1. The number of nitrogens with one attached hydrogen (secondary N) is 1. The van der Waals surface area contributed by atoms with Crippen LogP contribution in [0.5, 0.6) is 5.75 Å². The maximum absolute atomic E-state index is 12.2. The molecule has 1 aromatic carbocycles. The molecule has 1 N–H and O–H groups in total. The molecule has 0 atom stereocenters. The normalized spacial score (nSPS) is 18.2. The smallest absolute Gasteiger partial charge is 0.251 e. The first-order valence-electron chi connectivity index (χ1n) is 9.51. The van der Waals surface area contributed by atoms with Gasteiger partial charge in [0.15, 0.2) is 0 Å². The van der Waals surface area contributed by atoms with E-state index in [1.165, 1.54) is 32.1 Å². The van der Waals surface area contributed by atoms with E-state index in [0.29, 0.717) is 11.5 Å². The highest BCUT2D eigenvalue weighted by Crippen LogP contribution is 2.24. The topological polar surface area (TPSA) is 58.6 Å². The minimum Gasteiger partial charge on any atom is -0.493 e. The summed E-state index contributed by atoms with van der Waals surface area (Å²) in [6.07, 6.45) is 8.59. The van der Waals surface area contributed by atoms with Crippen LogP contribution < -0.4 is 10.1 Å². The zero-order valence-electron chi connectivity index (χ0n) is 14.8. The van der Waals surface area contributed by atoms with Crippen LogP contribution in [0.4, 0.5) is 0 Å². The molecule has 0 spiro atoms. The predicted octanol–water partition coefficient (Wildman–Crippen LogP) is 3.00. The summed E-state index contributed by atoms with van der Waals surface area (Å²) in [5.74, 6) is 1.24. The molecule has 2 aliphatic rings. The van der Waals surface area contributed by atoms with Crippen LogP contribution in [0.15, 0.2) is 24.3 Å². The van der Waals surface area contributed by atoms with Crippen LogP contribution in [-0.2, 0) is 4.79 Å². The predicted molar refractivity (Wildman–Crippen MR) is 96.7 cm³/mol. The van der Waals surface area contributed by atoms with E-state index in [9.17, 15) is 9.59 Å². The van der Waals surface area contributed by atoms with E-state index in [-0.39, 0.29) is 18.4 Å². The van der Waals surface area contributed by atoms with Crippen molar-refractivity contribution in [2.24, 2.45) is 5.92 Å². The van der Waals surface area contributed by atoms with Crippen molar-refractivity contribution in [1.82, 2.24) is 10.2 Å². The summed E-state index contributed by atoms with van der Waals surface area (Å²) in [6, 6.07) is 7.18. The average molecular weight is 344 g/mol. The summed E-state index contributed by atoms with van der Waals surface area (Å²) < 4.78 is 5.85. The Labute approximate surface area is 149 Å². The number of hydrogen-bond donors (Lipinski definition) is 1. The molecule has 0 unspecified atom stereocenters. The molecular weight excluding hydrogens is 316 g/mol. The summed E-state index contributed by atoms with van der Waals surface area (Å²) in [5.41, 5.74) is 0.555. The number of benzene rings is 1. The van der Waals surface area contributed by atoms with Gasteiger partial charge in [-0.05, 0) is 55.9 Å². The van der Waals surface area contributed by atoms with Gasteiger partial charge in [0.2, 0.25) is 5.91 Å². The Morgan fingerprint density at radius 3 is 2.36 bits per heavy atom. The fourth-order valence-electron chi connectivity index (χ4n) is 3.61. The van der Waals surface area contributed by atoms with Crippen molar-refractivity contribution in [3.63, 3.8) is 0 Å². The molecule has 25 heavy (non-hydrogen) atoms. The Morgan fingerprint density at radius 2 is 1.68 bits per heavy atom. The maximum Gasteiger partial charge on any atom is 0.251 e. The highest BCUT2D eigenvalue weighted by atomic mass is 16.5. The number of amides is 2. The third kappa shape index (κ3) is 5.21. The van der Waals surface area contributed by atoms with Crippen LogP contribution in [0, 0.1) is 5.92 Å². The second-order valence-electron chi connectivity index (χ2n) is 7.11. The van der Waals surface area contributed by atoms with Gasteiger partial charge in [-0.25, -0.2) is 0 Å². The molecule has 5 heteroatoms. The Bertz CT molecular complexity index is 573. The maximum atomic E-state index is 12.2.